The second-order valence-electron chi connectivity index (χ2n) is 6.56. The molecular weight excluding hydrogens is 419 g/mol. The van der Waals surface area contributed by atoms with E-state index in [1.165, 1.54) is 27.8 Å². The predicted octanol–water partition coefficient (Wildman–Crippen LogP) is 3.59. The second-order valence-corrected chi connectivity index (χ2v) is 10.8. The first-order valence-electron chi connectivity index (χ1n) is 9.16. The van der Waals surface area contributed by atoms with E-state index in [1.807, 2.05) is 0 Å². The van der Waals surface area contributed by atoms with Crippen LogP contribution in [-0.2, 0) is 14.8 Å². The van der Waals surface area contributed by atoms with Gasteiger partial charge in [-0.2, -0.15) is 4.31 Å². The van der Waals surface area contributed by atoms with Gasteiger partial charge < -0.3 is 5.32 Å². The molecule has 1 fully saturated rings. The number of thioether (sulfide) groups is 1. The van der Waals surface area contributed by atoms with Gasteiger partial charge in [-0.05, 0) is 60.7 Å². The lowest BCUT2D eigenvalue weighted by molar-refractivity contribution is -0.126. The zero-order chi connectivity index (χ0) is 20.0. The van der Waals surface area contributed by atoms with Crippen LogP contribution in [0.3, 0.4) is 0 Å². The standard InChI is InChI=1S/C19H23FN2O3S3/c20-16-4-6-17(7-5-16)26-14-2-10-21-19(23)15-8-11-22(12-9-15)28(24,25)18-3-1-13-27-18/h1,3-7,13,15H,2,8-12,14H2,(H,21,23). The summed E-state index contributed by atoms with van der Waals surface area (Å²) in [6, 6.07) is 9.71. The first kappa shape index (κ1) is 21.3. The highest BCUT2D eigenvalue weighted by Gasteiger charge is 2.32. The molecule has 1 amide bonds. The quantitative estimate of drug-likeness (QED) is 0.501. The van der Waals surface area contributed by atoms with Crippen molar-refractivity contribution in [1.29, 1.82) is 0 Å². The molecule has 1 aliphatic rings. The predicted molar refractivity (Wildman–Crippen MR) is 111 cm³/mol. The third-order valence-corrected chi connectivity index (χ3v) is 8.99. The molecule has 0 atom stereocenters. The van der Waals surface area contributed by atoms with Gasteiger partial charge in [0, 0.05) is 30.4 Å². The number of hydrogen-bond acceptors (Lipinski definition) is 5. The van der Waals surface area contributed by atoms with Gasteiger partial charge in [-0.3, -0.25) is 4.79 Å². The molecule has 0 bridgehead atoms. The fraction of sp³-hybridized carbons (Fsp3) is 0.421. The number of sulfonamides is 1. The number of piperidine rings is 1. The highest BCUT2D eigenvalue weighted by atomic mass is 32.2. The molecule has 2 heterocycles. The summed E-state index contributed by atoms with van der Waals surface area (Å²) in [6.45, 7) is 1.33. The van der Waals surface area contributed by atoms with Gasteiger partial charge in [0.05, 0.1) is 0 Å². The third kappa shape index (κ3) is 5.56. The van der Waals surface area contributed by atoms with Crippen molar-refractivity contribution in [2.45, 2.75) is 28.4 Å². The van der Waals surface area contributed by atoms with Crippen LogP contribution in [-0.4, -0.2) is 44.0 Å². The highest BCUT2D eigenvalue weighted by Crippen LogP contribution is 2.26. The smallest absolute Gasteiger partial charge is 0.252 e. The maximum atomic E-state index is 12.9. The van der Waals surface area contributed by atoms with Gasteiger partial charge in [0.15, 0.2) is 0 Å². The Morgan fingerprint density at radius 3 is 2.57 bits per heavy atom. The molecule has 0 spiro atoms. The van der Waals surface area contributed by atoms with Crippen LogP contribution < -0.4 is 5.32 Å². The van der Waals surface area contributed by atoms with E-state index in [1.54, 1.807) is 41.4 Å². The van der Waals surface area contributed by atoms with Crippen molar-refractivity contribution in [2.24, 2.45) is 5.92 Å². The molecule has 5 nitrogen and oxygen atoms in total. The summed E-state index contributed by atoms with van der Waals surface area (Å²) in [7, 11) is -3.43. The molecule has 28 heavy (non-hydrogen) atoms. The Kier molecular flexibility index (Phi) is 7.50. The minimum atomic E-state index is -3.43. The Hall–Kier alpha value is -1.42. The molecule has 2 aromatic rings. The van der Waals surface area contributed by atoms with Crippen LogP contribution in [0.1, 0.15) is 19.3 Å². The summed E-state index contributed by atoms with van der Waals surface area (Å²) in [5, 5.41) is 4.70. The monoisotopic (exact) mass is 442 g/mol. The normalized spacial score (nSPS) is 16.2. The summed E-state index contributed by atoms with van der Waals surface area (Å²) in [5.74, 6) is 0.453. The van der Waals surface area contributed by atoms with Gasteiger partial charge in [-0.15, -0.1) is 23.1 Å². The zero-order valence-corrected chi connectivity index (χ0v) is 17.8. The Balaban J connectivity index is 1.35. The van der Waals surface area contributed by atoms with Crippen molar-refractivity contribution in [3.63, 3.8) is 0 Å². The number of nitrogens with one attached hydrogen (secondary N) is 1. The van der Waals surface area contributed by atoms with Crippen molar-refractivity contribution in [3.05, 3.63) is 47.6 Å². The lowest BCUT2D eigenvalue weighted by atomic mass is 9.97. The summed E-state index contributed by atoms with van der Waals surface area (Å²) in [5.41, 5.74) is 0. The van der Waals surface area contributed by atoms with Crippen LogP contribution in [0, 0.1) is 11.7 Å². The van der Waals surface area contributed by atoms with Crippen LogP contribution in [0.15, 0.2) is 50.9 Å². The molecule has 1 saturated heterocycles. The average Bonchev–Trinajstić information content (AvgIpc) is 3.25. The van der Waals surface area contributed by atoms with E-state index in [-0.39, 0.29) is 17.6 Å². The fourth-order valence-electron chi connectivity index (χ4n) is 3.04. The van der Waals surface area contributed by atoms with Gasteiger partial charge in [-0.1, -0.05) is 6.07 Å². The highest BCUT2D eigenvalue weighted by molar-refractivity contribution is 7.99. The Morgan fingerprint density at radius 1 is 1.21 bits per heavy atom. The molecule has 0 unspecified atom stereocenters. The van der Waals surface area contributed by atoms with Crippen molar-refractivity contribution in [2.75, 3.05) is 25.4 Å². The van der Waals surface area contributed by atoms with E-state index in [2.05, 4.69) is 5.32 Å². The number of amides is 1. The largest absolute Gasteiger partial charge is 0.356 e. The number of halogens is 1. The number of nitrogens with zero attached hydrogens (tertiary/aromatic N) is 1. The molecule has 9 heteroatoms. The van der Waals surface area contributed by atoms with E-state index in [0.29, 0.717) is 36.7 Å². The molecule has 1 N–H and O–H groups in total. The van der Waals surface area contributed by atoms with Crippen molar-refractivity contribution < 1.29 is 17.6 Å². The number of thiophene rings is 1. The molecule has 1 aromatic heterocycles. The summed E-state index contributed by atoms with van der Waals surface area (Å²) < 4.78 is 39.7. The van der Waals surface area contributed by atoms with Crippen LogP contribution in [0.4, 0.5) is 4.39 Å². The summed E-state index contributed by atoms with van der Waals surface area (Å²) in [4.78, 5) is 13.3. The van der Waals surface area contributed by atoms with Crippen LogP contribution >= 0.6 is 23.1 Å². The zero-order valence-electron chi connectivity index (χ0n) is 15.3. The van der Waals surface area contributed by atoms with E-state index >= 15 is 0 Å². The molecule has 1 aromatic carbocycles. The molecule has 152 valence electrons. The van der Waals surface area contributed by atoms with Crippen LogP contribution in [0.2, 0.25) is 0 Å². The van der Waals surface area contributed by atoms with Crippen molar-refractivity contribution in [1.82, 2.24) is 9.62 Å². The number of rotatable bonds is 8. The minimum Gasteiger partial charge on any atom is -0.356 e. The van der Waals surface area contributed by atoms with Gasteiger partial charge in [0.1, 0.15) is 10.0 Å². The van der Waals surface area contributed by atoms with E-state index in [0.717, 1.165) is 17.1 Å². The first-order valence-corrected chi connectivity index (χ1v) is 12.5. The maximum absolute atomic E-state index is 12.9. The number of benzene rings is 1. The number of carbonyl (C=O) groups is 1. The Labute approximate surface area is 173 Å². The average molecular weight is 443 g/mol. The van der Waals surface area contributed by atoms with Gasteiger partial charge in [0.2, 0.25) is 5.91 Å². The number of hydrogen-bond donors (Lipinski definition) is 1. The van der Waals surface area contributed by atoms with Crippen molar-refractivity contribution in [3.8, 4) is 0 Å². The summed E-state index contributed by atoms with van der Waals surface area (Å²) >= 11 is 2.84. The first-order chi connectivity index (χ1) is 13.5. The lowest BCUT2D eigenvalue weighted by Gasteiger charge is -2.30. The van der Waals surface area contributed by atoms with Gasteiger partial charge >= 0.3 is 0 Å². The van der Waals surface area contributed by atoms with Gasteiger partial charge in [-0.25, -0.2) is 12.8 Å². The topological polar surface area (TPSA) is 66.5 Å². The molecule has 0 saturated carbocycles. The summed E-state index contributed by atoms with van der Waals surface area (Å²) in [6.07, 6.45) is 1.90. The minimum absolute atomic E-state index is 0.0000428. The molecule has 3 rings (SSSR count). The molecular formula is C19H23FN2O3S3. The fourth-order valence-corrected chi connectivity index (χ4v) is 6.51. The molecule has 1 aliphatic heterocycles. The van der Waals surface area contributed by atoms with E-state index < -0.39 is 10.0 Å². The SMILES string of the molecule is O=C(NCCCSc1ccc(F)cc1)C1CCN(S(=O)(=O)c2cccs2)CC1. The maximum Gasteiger partial charge on any atom is 0.252 e. The Morgan fingerprint density at radius 2 is 1.93 bits per heavy atom. The number of carbonyl (C=O) groups excluding carboxylic acids is 1. The molecule has 0 aliphatic carbocycles. The van der Waals surface area contributed by atoms with Crippen molar-refractivity contribution >= 4 is 39.0 Å². The van der Waals surface area contributed by atoms with E-state index in [4.69, 9.17) is 0 Å². The second kappa shape index (κ2) is 9.87. The van der Waals surface area contributed by atoms with E-state index in [9.17, 15) is 17.6 Å². The molecule has 0 radical (unpaired) electrons. The third-order valence-electron chi connectivity index (χ3n) is 4.62. The lowest BCUT2D eigenvalue weighted by Crippen LogP contribution is -2.43. The van der Waals surface area contributed by atoms with Crippen LogP contribution in [0.25, 0.3) is 0 Å². The van der Waals surface area contributed by atoms with Crippen LogP contribution in [0.5, 0.6) is 0 Å². The Bertz CT molecular complexity index is 862. The van der Waals surface area contributed by atoms with Gasteiger partial charge in [0.25, 0.3) is 10.0 Å².